The minimum absolute atomic E-state index is 0.225. The number of aliphatic hydroxyl groups is 2. The second kappa shape index (κ2) is 5.46. The molecule has 4 fully saturated rings. The maximum absolute atomic E-state index is 10.8. The fourth-order valence-electron chi connectivity index (χ4n) is 8.41. The summed E-state index contributed by atoms with van der Waals surface area (Å²) in [6, 6.07) is 0. The van der Waals surface area contributed by atoms with Gasteiger partial charge < -0.3 is 10.2 Å². The van der Waals surface area contributed by atoms with Gasteiger partial charge in [-0.3, -0.25) is 0 Å². The van der Waals surface area contributed by atoms with Gasteiger partial charge in [-0.2, -0.15) is 0 Å². The molecule has 0 radical (unpaired) electrons. The highest BCUT2D eigenvalue weighted by Gasteiger charge is 2.64. The first-order valence-electron chi connectivity index (χ1n) is 10.6. The number of aliphatic hydroxyl groups excluding tert-OH is 2. The molecule has 2 heteroatoms. The van der Waals surface area contributed by atoms with Gasteiger partial charge in [-0.05, 0) is 90.8 Å². The molecule has 24 heavy (non-hydrogen) atoms. The second-order valence-electron chi connectivity index (χ2n) is 10.7. The van der Waals surface area contributed by atoms with E-state index < -0.39 is 12.2 Å². The highest BCUT2D eigenvalue weighted by molar-refractivity contribution is 5.13. The van der Waals surface area contributed by atoms with Crippen LogP contribution in [-0.4, -0.2) is 22.4 Å². The molecule has 4 aliphatic carbocycles. The van der Waals surface area contributed by atoms with Gasteiger partial charge in [0.15, 0.2) is 0 Å². The molecule has 0 bridgehead atoms. The smallest absolute Gasteiger partial charge is 0.0835 e. The first-order valence-corrected chi connectivity index (χ1v) is 10.6. The Hall–Kier alpha value is -0.0800. The summed E-state index contributed by atoms with van der Waals surface area (Å²) in [6.45, 7) is 12.4. The average Bonchev–Trinajstić information content (AvgIpc) is 2.84. The summed E-state index contributed by atoms with van der Waals surface area (Å²) in [5.41, 5.74) is 0.771. The van der Waals surface area contributed by atoms with Gasteiger partial charge in [-0.15, -0.1) is 0 Å². The maximum atomic E-state index is 10.8. The topological polar surface area (TPSA) is 40.5 Å². The van der Waals surface area contributed by atoms with Crippen molar-refractivity contribution in [2.45, 2.75) is 85.4 Å². The molecular weight excluding hydrogens is 296 g/mol. The van der Waals surface area contributed by atoms with E-state index in [0.29, 0.717) is 17.3 Å². The van der Waals surface area contributed by atoms with Crippen molar-refractivity contribution in [1.82, 2.24) is 0 Å². The molecule has 0 aromatic rings. The third-order valence-corrected chi connectivity index (χ3v) is 10.2. The quantitative estimate of drug-likeness (QED) is 0.685. The summed E-state index contributed by atoms with van der Waals surface area (Å²) in [6.07, 6.45) is 6.42. The Morgan fingerprint density at radius 2 is 1.38 bits per heavy atom. The lowest BCUT2D eigenvalue weighted by molar-refractivity contribution is -0.210. The van der Waals surface area contributed by atoms with Gasteiger partial charge in [0.2, 0.25) is 0 Å². The third kappa shape index (κ3) is 2.02. The van der Waals surface area contributed by atoms with Crippen LogP contribution in [0.1, 0.15) is 73.1 Å². The molecule has 0 aromatic carbocycles. The largest absolute Gasteiger partial charge is 0.390 e. The molecule has 0 saturated heterocycles. The molecule has 2 N–H and O–H groups in total. The number of hydrogen-bond donors (Lipinski definition) is 2. The Kier molecular flexibility index (Phi) is 3.94. The van der Waals surface area contributed by atoms with E-state index in [1.54, 1.807) is 0 Å². The normalized spacial score (nSPS) is 63.4. The summed E-state index contributed by atoms with van der Waals surface area (Å²) in [5, 5.41) is 21.2. The predicted molar refractivity (Wildman–Crippen MR) is 97.4 cm³/mol. The predicted octanol–water partition coefficient (Wildman–Crippen LogP) is 4.49. The van der Waals surface area contributed by atoms with Crippen molar-refractivity contribution in [2.75, 3.05) is 0 Å². The zero-order chi connectivity index (χ0) is 17.4. The third-order valence-electron chi connectivity index (χ3n) is 10.2. The number of hydrogen-bond acceptors (Lipinski definition) is 2. The monoisotopic (exact) mass is 334 g/mol. The Morgan fingerprint density at radius 1 is 0.750 bits per heavy atom. The van der Waals surface area contributed by atoms with Gasteiger partial charge in [-0.25, -0.2) is 0 Å². The van der Waals surface area contributed by atoms with Gasteiger partial charge in [0.1, 0.15) is 0 Å². The molecule has 4 rings (SSSR count). The van der Waals surface area contributed by atoms with Gasteiger partial charge in [-0.1, -0.05) is 34.6 Å². The molecule has 4 saturated carbocycles. The molecule has 11 atom stereocenters. The van der Waals surface area contributed by atoms with E-state index in [-0.39, 0.29) is 11.3 Å². The summed E-state index contributed by atoms with van der Waals surface area (Å²) in [4.78, 5) is 0. The Morgan fingerprint density at radius 3 is 2.08 bits per heavy atom. The van der Waals surface area contributed by atoms with Crippen LogP contribution in [0.3, 0.4) is 0 Å². The lowest BCUT2D eigenvalue weighted by Gasteiger charge is -2.65. The van der Waals surface area contributed by atoms with Crippen molar-refractivity contribution in [3.05, 3.63) is 0 Å². The molecular formula is C22H38O2. The molecule has 6 unspecified atom stereocenters. The molecule has 2 nitrogen and oxygen atoms in total. The highest BCUT2D eigenvalue weighted by Crippen LogP contribution is 2.69. The fraction of sp³-hybridized carbons (Fsp3) is 1.00. The zero-order valence-electron chi connectivity index (χ0n) is 16.3. The van der Waals surface area contributed by atoms with Crippen molar-refractivity contribution in [1.29, 1.82) is 0 Å². The van der Waals surface area contributed by atoms with Crippen molar-refractivity contribution in [3.8, 4) is 0 Å². The molecule has 0 amide bonds. The minimum Gasteiger partial charge on any atom is -0.390 e. The SMILES string of the molecule is CC1C(C)C2[C@H](O)[C@@H](O)CC[C@]2(C)C2CC[C@@]3(C)C(CC[C@@H]3C)C12. The van der Waals surface area contributed by atoms with Gasteiger partial charge >= 0.3 is 0 Å². The second-order valence-corrected chi connectivity index (χ2v) is 10.7. The highest BCUT2D eigenvalue weighted by atomic mass is 16.3. The number of fused-ring (bicyclic) bond motifs is 5. The minimum atomic E-state index is -0.516. The van der Waals surface area contributed by atoms with E-state index >= 15 is 0 Å². The Labute approximate surface area is 148 Å². The average molecular weight is 335 g/mol. The van der Waals surface area contributed by atoms with Crippen LogP contribution >= 0.6 is 0 Å². The molecule has 0 aliphatic heterocycles. The van der Waals surface area contributed by atoms with E-state index in [1.165, 1.54) is 25.7 Å². The maximum Gasteiger partial charge on any atom is 0.0835 e. The van der Waals surface area contributed by atoms with Crippen LogP contribution in [0.2, 0.25) is 0 Å². The van der Waals surface area contributed by atoms with Crippen LogP contribution in [0, 0.1) is 52.3 Å². The summed E-state index contributed by atoms with van der Waals surface area (Å²) in [5.74, 6) is 4.79. The first kappa shape index (κ1) is 17.3. The molecule has 0 aromatic heterocycles. The Balaban J connectivity index is 1.74. The van der Waals surface area contributed by atoms with E-state index in [4.69, 9.17) is 0 Å². The van der Waals surface area contributed by atoms with Crippen LogP contribution in [0.5, 0.6) is 0 Å². The van der Waals surface area contributed by atoms with E-state index in [2.05, 4.69) is 34.6 Å². The van der Waals surface area contributed by atoms with Crippen molar-refractivity contribution in [3.63, 3.8) is 0 Å². The van der Waals surface area contributed by atoms with Crippen molar-refractivity contribution in [2.24, 2.45) is 52.3 Å². The van der Waals surface area contributed by atoms with Gasteiger partial charge in [0.25, 0.3) is 0 Å². The fourth-order valence-corrected chi connectivity index (χ4v) is 8.41. The standard InChI is InChI=1S/C22H38O2/c1-12-6-7-15-18-13(2)14(3)19-20(24)17(23)9-11-22(19,5)16(18)8-10-21(12,15)4/h12-20,23-24H,6-11H2,1-5H3/t12-,13?,14?,15?,16?,17-,18?,19?,20+,21+,22+/m0/s1. The van der Waals surface area contributed by atoms with E-state index in [0.717, 1.165) is 36.5 Å². The van der Waals surface area contributed by atoms with Gasteiger partial charge in [0, 0.05) is 0 Å². The lowest BCUT2D eigenvalue weighted by atomic mass is 9.40. The molecule has 0 heterocycles. The number of rotatable bonds is 0. The van der Waals surface area contributed by atoms with Crippen LogP contribution in [0.15, 0.2) is 0 Å². The van der Waals surface area contributed by atoms with Crippen LogP contribution in [0.4, 0.5) is 0 Å². The molecule has 138 valence electrons. The zero-order valence-corrected chi connectivity index (χ0v) is 16.3. The molecule has 0 spiro atoms. The summed E-state index contributed by atoms with van der Waals surface area (Å²) < 4.78 is 0. The first-order chi connectivity index (χ1) is 11.2. The Bertz CT molecular complexity index is 504. The van der Waals surface area contributed by atoms with E-state index in [9.17, 15) is 10.2 Å². The van der Waals surface area contributed by atoms with Crippen molar-refractivity contribution < 1.29 is 10.2 Å². The van der Waals surface area contributed by atoms with Crippen LogP contribution < -0.4 is 0 Å². The van der Waals surface area contributed by atoms with E-state index in [1.807, 2.05) is 0 Å². The van der Waals surface area contributed by atoms with Crippen LogP contribution in [0.25, 0.3) is 0 Å². The van der Waals surface area contributed by atoms with Crippen molar-refractivity contribution >= 4 is 0 Å². The molecule has 4 aliphatic rings. The van der Waals surface area contributed by atoms with Gasteiger partial charge in [0.05, 0.1) is 12.2 Å². The summed E-state index contributed by atoms with van der Waals surface area (Å²) in [7, 11) is 0. The summed E-state index contributed by atoms with van der Waals surface area (Å²) >= 11 is 0. The van der Waals surface area contributed by atoms with Crippen LogP contribution in [-0.2, 0) is 0 Å². The lowest BCUT2D eigenvalue weighted by Crippen LogP contribution is -2.63.